The van der Waals surface area contributed by atoms with Crippen LogP contribution >= 0.6 is 0 Å². The van der Waals surface area contributed by atoms with Crippen molar-refractivity contribution < 1.29 is 9.50 Å². The van der Waals surface area contributed by atoms with Crippen LogP contribution < -0.4 is 0 Å². The fourth-order valence-electron chi connectivity index (χ4n) is 1.51. The van der Waals surface area contributed by atoms with Crippen LogP contribution in [-0.2, 0) is 6.42 Å². The van der Waals surface area contributed by atoms with Crippen molar-refractivity contribution in [3.05, 3.63) is 35.1 Å². The third-order valence-corrected chi connectivity index (χ3v) is 2.72. The number of benzene rings is 1. The molecule has 0 aliphatic carbocycles. The highest BCUT2D eigenvalue weighted by molar-refractivity contribution is 5.23. The third-order valence-electron chi connectivity index (χ3n) is 2.72. The largest absolute Gasteiger partial charge is 0.393 e. The molecule has 1 atom stereocenters. The third kappa shape index (κ3) is 3.63. The van der Waals surface area contributed by atoms with E-state index in [4.69, 9.17) is 0 Å². The van der Waals surface area contributed by atoms with Crippen LogP contribution in [0, 0.1) is 18.7 Å². The van der Waals surface area contributed by atoms with Crippen LogP contribution in [0.1, 0.15) is 31.4 Å². The normalized spacial score (nSPS) is 13.2. The molecule has 84 valence electrons. The van der Waals surface area contributed by atoms with Gasteiger partial charge in [-0.05, 0) is 42.9 Å². The summed E-state index contributed by atoms with van der Waals surface area (Å²) in [5.74, 6) is 0.120. The minimum absolute atomic E-state index is 0.164. The van der Waals surface area contributed by atoms with Gasteiger partial charge in [0.05, 0.1) is 6.10 Å². The van der Waals surface area contributed by atoms with E-state index in [0.717, 1.165) is 18.4 Å². The second-order valence-electron chi connectivity index (χ2n) is 4.43. The zero-order chi connectivity index (χ0) is 11.4. The molecule has 1 aromatic carbocycles. The second kappa shape index (κ2) is 5.26. The molecule has 0 aromatic heterocycles. The molecule has 1 nitrogen and oxygen atoms in total. The van der Waals surface area contributed by atoms with Crippen molar-refractivity contribution in [1.82, 2.24) is 0 Å². The zero-order valence-corrected chi connectivity index (χ0v) is 9.63. The lowest BCUT2D eigenvalue weighted by molar-refractivity contribution is 0.116. The number of aliphatic hydroxyl groups is 1. The van der Waals surface area contributed by atoms with Crippen LogP contribution in [0.3, 0.4) is 0 Å². The highest BCUT2D eigenvalue weighted by Gasteiger charge is 2.09. The van der Waals surface area contributed by atoms with E-state index in [1.807, 2.05) is 19.9 Å². The average Bonchev–Trinajstić information content (AvgIpc) is 2.19. The zero-order valence-electron chi connectivity index (χ0n) is 9.63. The molecule has 1 rings (SSSR count). The van der Waals surface area contributed by atoms with Crippen molar-refractivity contribution in [1.29, 1.82) is 0 Å². The van der Waals surface area contributed by atoms with Gasteiger partial charge >= 0.3 is 0 Å². The molecule has 0 amide bonds. The number of aliphatic hydroxyl groups excluding tert-OH is 1. The predicted molar refractivity (Wildman–Crippen MR) is 60.3 cm³/mol. The minimum Gasteiger partial charge on any atom is -0.393 e. The Balaban J connectivity index is 2.55. The van der Waals surface area contributed by atoms with Gasteiger partial charge in [-0.3, -0.25) is 0 Å². The van der Waals surface area contributed by atoms with Crippen molar-refractivity contribution in [3.8, 4) is 0 Å². The monoisotopic (exact) mass is 210 g/mol. The molecule has 0 saturated carbocycles. The van der Waals surface area contributed by atoms with Crippen molar-refractivity contribution in [2.24, 2.45) is 5.92 Å². The molecule has 0 spiro atoms. The van der Waals surface area contributed by atoms with Gasteiger partial charge < -0.3 is 5.11 Å². The summed E-state index contributed by atoms with van der Waals surface area (Å²) in [6.07, 6.45) is 1.28. The van der Waals surface area contributed by atoms with Gasteiger partial charge in [-0.1, -0.05) is 26.0 Å². The first-order valence-corrected chi connectivity index (χ1v) is 5.44. The van der Waals surface area contributed by atoms with Crippen molar-refractivity contribution in [2.75, 3.05) is 0 Å². The Kier molecular flexibility index (Phi) is 4.28. The Hall–Kier alpha value is -0.890. The summed E-state index contributed by atoms with van der Waals surface area (Å²) in [6.45, 7) is 5.76. The number of hydrogen-bond acceptors (Lipinski definition) is 1. The lowest BCUT2D eigenvalue weighted by Crippen LogP contribution is -2.15. The molecule has 0 aliphatic heterocycles. The first kappa shape index (κ1) is 12.2. The minimum atomic E-state index is -0.268. The first-order chi connectivity index (χ1) is 7.00. The molecule has 1 aromatic rings. The van der Waals surface area contributed by atoms with Gasteiger partial charge in [0.25, 0.3) is 0 Å². The molecular weight excluding hydrogens is 191 g/mol. The molecule has 0 aliphatic rings. The standard InChI is InChI=1S/C13H19FO/c1-9(2)13(15)7-5-11-4-6-12(14)10(3)8-11/h4,6,8-9,13,15H,5,7H2,1-3H3. The molecule has 1 N–H and O–H groups in total. The molecule has 0 fully saturated rings. The van der Waals surface area contributed by atoms with E-state index >= 15 is 0 Å². The summed E-state index contributed by atoms with van der Waals surface area (Å²) in [5, 5.41) is 9.64. The van der Waals surface area contributed by atoms with Crippen LogP contribution in [-0.4, -0.2) is 11.2 Å². The van der Waals surface area contributed by atoms with Crippen LogP contribution in [0.15, 0.2) is 18.2 Å². The Labute approximate surface area is 90.9 Å². The second-order valence-corrected chi connectivity index (χ2v) is 4.43. The highest BCUT2D eigenvalue weighted by Crippen LogP contribution is 2.14. The van der Waals surface area contributed by atoms with Crippen LogP contribution in [0.2, 0.25) is 0 Å². The lowest BCUT2D eigenvalue weighted by atomic mass is 9.98. The van der Waals surface area contributed by atoms with E-state index < -0.39 is 0 Å². The maximum Gasteiger partial charge on any atom is 0.126 e. The van der Waals surface area contributed by atoms with Gasteiger partial charge in [0.15, 0.2) is 0 Å². The predicted octanol–water partition coefficient (Wildman–Crippen LogP) is 3.08. The summed E-state index contributed by atoms with van der Waals surface area (Å²) < 4.78 is 13.0. The molecule has 15 heavy (non-hydrogen) atoms. The SMILES string of the molecule is Cc1cc(CCC(O)C(C)C)ccc1F. The molecule has 0 saturated heterocycles. The van der Waals surface area contributed by atoms with Gasteiger partial charge in [-0.25, -0.2) is 4.39 Å². The molecule has 1 unspecified atom stereocenters. The van der Waals surface area contributed by atoms with Crippen LogP contribution in [0.5, 0.6) is 0 Å². The van der Waals surface area contributed by atoms with Gasteiger partial charge in [-0.15, -0.1) is 0 Å². The molecule has 0 radical (unpaired) electrons. The average molecular weight is 210 g/mol. The summed E-state index contributed by atoms with van der Waals surface area (Å²) in [6, 6.07) is 5.13. The molecule has 0 heterocycles. The Morgan fingerprint density at radius 1 is 1.33 bits per heavy atom. The number of halogens is 1. The highest BCUT2D eigenvalue weighted by atomic mass is 19.1. The van der Waals surface area contributed by atoms with Gasteiger partial charge in [0.2, 0.25) is 0 Å². The molecule has 2 heteroatoms. The van der Waals surface area contributed by atoms with E-state index in [0.29, 0.717) is 5.56 Å². The summed E-state index contributed by atoms with van der Waals surface area (Å²) in [4.78, 5) is 0. The van der Waals surface area contributed by atoms with E-state index in [-0.39, 0.29) is 17.8 Å². The number of rotatable bonds is 4. The van der Waals surface area contributed by atoms with E-state index in [9.17, 15) is 9.50 Å². The topological polar surface area (TPSA) is 20.2 Å². The van der Waals surface area contributed by atoms with E-state index in [1.165, 1.54) is 6.07 Å². The van der Waals surface area contributed by atoms with E-state index in [1.54, 1.807) is 13.0 Å². The summed E-state index contributed by atoms with van der Waals surface area (Å²) in [7, 11) is 0. The Bertz CT molecular complexity index is 320. The van der Waals surface area contributed by atoms with Crippen molar-refractivity contribution in [2.45, 2.75) is 39.7 Å². The van der Waals surface area contributed by atoms with Crippen molar-refractivity contribution in [3.63, 3.8) is 0 Å². The maximum absolute atomic E-state index is 13.0. The smallest absolute Gasteiger partial charge is 0.126 e. The summed E-state index contributed by atoms with van der Waals surface area (Å²) in [5.41, 5.74) is 1.76. The lowest BCUT2D eigenvalue weighted by Gasteiger charge is -2.14. The number of hydrogen-bond donors (Lipinski definition) is 1. The van der Waals surface area contributed by atoms with Gasteiger partial charge in [0.1, 0.15) is 5.82 Å². The van der Waals surface area contributed by atoms with Gasteiger partial charge in [0, 0.05) is 0 Å². The quantitative estimate of drug-likeness (QED) is 0.809. The van der Waals surface area contributed by atoms with Crippen LogP contribution in [0.4, 0.5) is 4.39 Å². The van der Waals surface area contributed by atoms with E-state index in [2.05, 4.69) is 0 Å². The molecular formula is C13H19FO. The van der Waals surface area contributed by atoms with Crippen molar-refractivity contribution >= 4 is 0 Å². The Morgan fingerprint density at radius 2 is 2.00 bits per heavy atom. The van der Waals surface area contributed by atoms with Crippen LogP contribution in [0.25, 0.3) is 0 Å². The van der Waals surface area contributed by atoms with Gasteiger partial charge in [-0.2, -0.15) is 0 Å². The number of aryl methyl sites for hydroxylation is 2. The maximum atomic E-state index is 13.0. The Morgan fingerprint density at radius 3 is 2.53 bits per heavy atom. The first-order valence-electron chi connectivity index (χ1n) is 5.44. The fourth-order valence-corrected chi connectivity index (χ4v) is 1.51. The summed E-state index contributed by atoms with van der Waals surface area (Å²) >= 11 is 0. The fraction of sp³-hybridized carbons (Fsp3) is 0.538. The molecule has 0 bridgehead atoms.